The number of methoxy groups -OCH3 is 2. The first-order chi connectivity index (χ1) is 28.0. The molecule has 2 aliphatic rings. The quantitative estimate of drug-likeness (QED) is 0.0436. The van der Waals surface area contributed by atoms with Gasteiger partial charge in [-0.1, -0.05) is 59.8 Å². The molecule has 0 saturated carbocycles. The topological polar surface area (TPSA) is 165 Å². The van der Waals surface area contributed by atoms with E-state index in [2.05, 4.69) is 47.7 Å². The van der Waals surface area contributed by atoms with E-state index >= 15 is 0 Å². The van der Waals surface area contributed by atoms with E-state index in [4.69, 9.17) is 33.4 Å². The molecule has 6 rings (SSSR count). The maximum atomic E-state index is 13.6. The van der Waals surface area contributed by atoms with Crippen molar-refractivity contribution in [1.82, 2.24) is 19.2 Å². The van der Waals surface area contributed by atoms with Crippen molar-refractivity contribution in [1.29, 1.82) is 5.41 Å². The number of nitrogens with one attached hydrogen (secondary N) is 2. The average molecular weight is 816 g/mol. The number of benzene rings is 3. The van der Waals surface area contributed by atoms with Gasteiger partial charge >= 0.3 is 5.69 Å². The zero-order valence-electron chi connectivity index (χ0n) is 34.1. The molecule has 4 aromatic rings. The summed E-state index contributed by atoms with van der Waals surface area (Å²) in [6.07, 6.45) is 1.32. The highest BCUT2D eigenvalue weighted by molar-refractivity contribution is 7.44. The molecule has 310 valence electrons. The van der Waals surface area contributed by atoms with Crippen molar-refractivity contribution in [2.75, 3.05) is 41.0 Å². The molecule has 3 heterocycles. The van der Waals surface area contributed by atoms with Crippen LogP contribution in [0, 0.1) is 5.41 Å². The Labute approximate surface area is 340 Å². The molecule has 15 nitrogen and oxygen atoms in total. The maximum Gasteiger partial charge on any atom is 0.330 e. The Balaban J connectivity index is 1.44. The van der Waals surface area contributed by atoms with Gasteiger partial charge in [-0.05, 0) is 74.9 Å². The van der Waals surface area contributed by atoms with E-state index in [-0.39, 0.29) is 25.1 Å². The van der Waals surface area contributed by atoms with E-state index in [0.717, 1.165) is 16.7 Å². The Kier molecular flexibility index (Phi) is 14.3. The van der Waals surface area contributed by atoms with Crippen LogP contribution in [0.5, 0.6) is 11.5 Å². The summed E-state index contributed by atoms with van der Waals surface area (Å²) in [4.78, 5) is 29.1. The van der Waals surface area contributed by atoms with Gasteiger partial charge in [0.25, 0.3) is 14.1 Å². The lowest BCUT2D eigenvalue weighted by atomic mass is 9.80. The molecule has 1 aromatic heterocycles. The standard InChI is InChI=1S/C42H54N7O8P/c1-28(2)49(29(3)4)58(55-23-11-22-43)57-37-24-39(48-25-35(40(50)44-41(48)51)36-26-47(5)46-45-36)56-38(37)27-54-42(30-12-9-8-10-13-30,31-14-18-33(52-6)19-15-31)32-16-20-34(53-7)21-17-32/h8-10,12-22,25,28-29,36-39,43H,11,23-24,26-27H2,1-7H3,(H,44,50,51). The van der Waals surface area contributed by atoms with Gasteiger partial charge in [0.05, 0.1) is 45.6 Å². The first kappa shape index (κ1) is 42.8. The van der Waals surface area contributed by atoms with Crippen LogP contribution < -0.4 is 20.7 Å². The Morgan fingerprint density at radius 1 is 0.948 bits per heavy atom. The summed E-state index contributed by atoms with van der Waals surface area (Å²) in [6.45, 7) is 9.06. The first-order valence-electron chi connectivity index (χ1n) is 19.5. The molecule has 16 heteroatoms. The van der Waals surface area contributed by atoms with Crippen LogP contribution >= 0.6 is 8.53 Å². The van der Waals surface area contributed by atoms with E-state index in [9.17, 15) is 9.59 Å². The Bertz CT molecular complexity index is 2040. The molecule has 0 amide bonds. The van der Waals surface area contributed by atoms with E-state index < -0.39 is 49.9 Å². The summed E-state index contributed by atoms with van der Waals surface area (Å²) in [6, 6.07) is 25.1. The lowest BCUT2D eigenvalue weighted by Gasteiger charge is -2.39. The van der Waals surface area contributed by atoms with Crippen molar-refractivity contribution in [3.05, 3.63) is 128 Å². The Hall–Kier alpha value is -4.76. The molecule has 0 radical (unpaired) electrons. The lowest BCUT2D eigenvalue weighted by Crippen LogP contribution is -2.39. The SMILES string of the molecule is COc1ccc(C(OCC2OC(n3cc(C4CN(C)N=N4)c(=O)[nH]c3=O)CC2OP(OCCC=N)N(C(C)C)C(C)C)(c2ccccc2)c2ccc(OC)cc2)cc1. The molecule has 5 atom stereocenters. The minimum atomic E-state index is -1.66. The zero-order valence-corrected chi connectivity index (χ0v) is 35.0. The lowest BCUT2D eigenvalue weighted by molar-refractivity contribution is -0.0926. The minimum absolute atomic E-state index is 0.0216. The molecular weight excluding hydrogens is 761 g/mol. The van der Waals surface area contributed by atoms with Gasteiger partial charge in [-0.3, -0.25) is 19.4 Å². The number of hydrogen-bond donors (Lipinski definition) is 2. The largest absolute Gasteiger partial charge is 0.497 e. The van der Waals surface area contributed by atoms with Crippen molar-refractivity contribution in [2.24, 2.45) is 10.3 Å². The molecule has 0 bridgehead atoms. The van der Waals surface area contributed by atoms with Crippen LogP contribution in [0.1, 0.15) is 75.1 Å². The molecule has 5 unspecified atom stereocenters. The van der Waals surface area contributed by atoms with Crippen LogP contribution in [-0.4, -0.2) is 90.8 Å². The molecule has 2 N–H and O–H groups in total. The van der Waals surface area contributed by atoms with Gasteiger partial charge in [0, 0.05) is 38.2 Å². The molecule has 3 aromatic carbocycles. The Morgan fingerprint density at radius 2 is 1.55 bits per heavy atom. The van der Waals surface area contributed by atoms with Gasteiger partial charge in [0.2, 0.25) is 0 Å². The fourth-order valence-electron chi connectivity index (χ4n) is 7.43. The highest BCUT2D eigenvalue weighted by Crippen LogP contribution is 2.50. The van der Waals surface area contributed by atoms with Gasteiger partial charge < -0.3 is 33.4 Å². The number of aromatic amines is 1. The fourth-order valence-corrected chi connectivity index (χ4v) is 9.20. The van der Waals surface area contributed by atoms with E-state index in [1.165, 1.54) is 17.0 Å². The fraction of sp³-hybridized carbons (Fsp3) is 0.452. The van der Waals surface area contributed by atoms with Crippen molar-refractivity contribution in [3.8, 4) is 11.5 Å². The zero-order chi connectivity index (χ0) is 41.4. The van der Waals surface area contributed by atoms with Crippen LogP contribution in [0.2, 0.25) is 0 Å². The summed E-state index contributed by atoms with van der Waals surface area (Å²) in [5.74, 6) is 1.40. The molecular formula is C42H54N7O8P. The van der Waals surface area contributed by atoms with Crippen molar-refractivity contribution < 1.29 is 28.0 Å². The Morgan fingerprint density at radius 3 is 2.09 bits per heavy atom. The third-order valence-corrected chi connectivity index (χ3v) is 12.4. The molecule has 2 aliphatic heterocycles. The van der Waals surface area contributed by atoms with E-state index in [1.54, 1.807) is 26.3 Å². The number of nitrogens with zero attached hydrogens (tertiary/aromatic N) is 5. The molecule has 1 saturated heterocycles. The average Bonchev–Trinajstić information content (AvgIpc) is 3.84. The van der Waals surface area contributed by atoms with Gasteiger partial charge in [0.15, 0.2) is 0 Å². The first-order valence-corrected chi connectivity index (χ1v) is 20.6. The summed E-state index contributed by atoms with van der Waals surface area (Å²) in [5.41, 5.74) is 0.573. The normalized spacial score (nSPS) is 20.0. The number of rotatable bonds is 19. The number of hydrogen-bond acceptors (Lipinski definition) is 13. The van der Waals surface area contributed by atoms with Crippen LogP contribution in [-0.2, 0) is 24.1 Å². The summed E-state index contributed by atoms with van der Waals surface area (Å²) in [7, 11) is 3.36. The second-order valence-corrected chi connectivity index (χ2v) is 16.2. The predicted octanol–water partition coefficient (Wildman–Crippen LogP) is 6.99. The smallest absolute Gasteiger partial charge is 0.330 e. The highest BCUT2D eigenvalue weighted by atomic mass is 31.2. The number of ether oxygens (including phenoxy) is 4. The maximum absolute atomic E-state index is 13.6. The van der Waals surface area contributed by atoms with Crippen LogP contribution in [0.15, 0.2) is 105 Å². The van der Waals surface area contributed by atoms with Crippen molar-refractivity contribution in [3.63, 3.8) is 0 Å². The monoisotopic (exact) mass is 815 g/mol. The number of H-pyrrole nitrogens is 1. The summed E-state index contributed by atoms with van der Waals surface area (Å²) >= 11 is 0. The second kappa shape index (κ2) is 19.3. The van der Waals surface area contributed by atoms with Crippen LogP contribution in [0.4, 0.5) is 0 Å². The number of likely N-dealkylation sites (N-methyl/N-ethyl adjacent to an activating group) is 1. The molecule has 0 spiro atoms. The molecule has 0 aliphatic carbocycles. The van der Waals surface area contributed by atoms with Gasteiger partial charge in [0.1, 0.15) is 35.5 Å². The van der Waals surface area contributed by atoms with E-state index in [1.807, 2.05) is 78.9 Å². The van der Waals surface area contributed by atoms with Crippen molar-refractivity contribution >= 4 is 14.7 Å². The van der Waals surface area contributed by atoms with Gasteiger partial charge in [-0.15, -0.1) is 0 Å². The predicted molar refractivity (Wildman–Crippen MR) is 222 cm³/mol. The summed E-state index contributed by atoms with van der Waals surface area (Å²) < 4.78 is 42.1. The van der Waals surface area contributed by atoms with Crippen LogP contribution in [0.3, 0.4) is 0 Å². The third-order valence-electron chi connectivity index (χ3n) is 10.2. The molecule has 58 heavy (non-hydrogen) atoms. The minimum Gasteiger partial charge on any atom is -0.497 e. The van der Waals surface area contributed by atoms with E-state index in [0.29, 0.717) is 36.6 Å². The number of aromatic nitrogens is 2. The second-order valence-electron chi connectivity index (χ2n) is 14.8. The van der Waals surface area contributed by atoms with Crippen molar-refractivity contribution in [2.45, 2.75) is 82.7 Å². The molecule has 1 fully saturated rings. The highest BCUT2D eigenvalue weighted by Gasteiger charge is 2.45. The van der Waals surface area contributed by atoms with Gasteiger partial charge in [-0.2, -0.15) is 5.11 Å². The summed E-state index contributed by atoms with van der Waals surface area (Å²) in [5, 5.41) is 17.6. The van der Waals surface area contributed by atoms with Crippen LogP contribution in [0.25, 0.3) is 0 Å². The van der Waals surface area contributed by atoms with Gasteiger partial charge in [-0.25, -0.2) is 9.46 Å². The third kappa shape index (κ3) is 9.41.